The van der Waals surface area contributed by atoms with Crippen LogP contribution in [0.4, 0.5) is 5.69 Å². The van der Waals surface area contributed by atoms with Crippen LogP contribution in [0.15, 0.2) is 64.6 Å². The van der Waals surface area contributed by atoms with Crippen molar-refractivity contribution in [3.63, 3.8) is 0 Å². The van der Waals surface area contributed by atoms with E-state index in [9.17, 15) is 14.4 Å². The number of hydrogen-bond acceptors (Lipinski definition) is 5. The van der Waals surface area contributed by atoms with Crippen molar-refractivity contribution < 1.29 is 18.8 Å². The van der Waals surface area contributed by atoms with Crippen LogP contribution in [0.2, 0.25) is 0 Å². The number of amides is 3. The van der Waals surface area contributed by atoms with Gasteiger partial charge in [-0.05, 0) is 42.6 Å². The number of piperazine rings is 1. The van der Waals surface area contributed by atoms with Crippen LogP contribution in [0.5, 0.6) is 0 Å². The molecular weight excluding hydrogens is 438 g/mol. The molecule has 1 aromatic carbocycles. The van der Waals surface area contributed by atoms with Crippen molar-refractivity contribution in [2.24, 2.45) is 5.92 Å². The third kappa shape index (κ3) is 4.06. The number of carbonyl (C=O) groups excluding carboxylic acids is 3. The number of benzene rings is 1. The highest BCUT2D eigenvalue weighted by Crippen LogP contribution is 2.43. The monoisotopic (exact) mass is 463 g/mol. The Kier molecular flexibility index (Phi) is 5.76. The summed E-state index contributed by atoms with van der Waals surface area (Å²) in [5, 5.41) is 1.98. The standard InChI is InChI=1S/C25H25N3O4S/c1-17-6-8-18(9-7-17)28-22(29)16-19(23(28)21-5-3-15-33-21)24(30)26-10-12-27(13-11-26)25(31)20-4-2-14-32-20/h2-9,14-15,19,23H,10-13,16H2,1H3/t19-,23+/m1/s1. The number of rotatable bonds is 4. The largest absolute Gasteiger partial charge is 0.459 e. The second-order valence-electron chi connectivity index (χ2n) is 8.46. The molecule has 0 unspecified atom stereocenters. The zero-order valence-corrected chi connectivity index (χ0v) is 19.2. The summed E-state index contributed by atoms with van der Waals surface area (Å²) >= 11 is 1.57. The van der Waals surface area contributed by atoms with Crippen molar-refractivity contribution in [2.75, 3.05) is 31.1 Å². The molecule has 3 amide bonds. The molecule has 0 spiro atoms. The Balaban J connectivity index is 1.34. The number of anilines is 1. The Labute approximate surface area is 196 Å². The topological polar surface area (TPSA) is 74.1 Å². The Morgan fingerprint density at radius 2 is 1.70 bits per heavy atom. The highest BCUT2D eigenvalue weighted by Gasteiger charge is 2.47. The maximum atomic E-state index is 13.6. The van der Waals surface area contributed by atoms with Crippen LogP contribution in [-0.4, -0.2) is 53.7 Å². The Morgan fingerprint density at radius 3 is 2.33 bits per heavy atom. The average molecular weight is 464 g/mol. The van der Waals surface area contributed by atoms with Gasteiger partial charge in [-0.3, -0.25) is 14.4 Å². The summed E-state index contributed by atoms with van der Waals surface area (Å²) in [6, 6.07) is 14.8. The van der Waals surface area contributed by atoms with Gasteiger partial charge in [0.05, 0.1) is 18.2 Å². The molecule has 0 saturated carbocycles. The predicted molar refractivity (Wildman–Crippen MR) is 125 cm³/mol. The molecule has 33 heavy (non-hydrogen) atoms. The lowest BCUT2D eigenvalue weighted by Gasteiger charge is -2.36. The lowest BCUT2D eigenvalue weighted by molar-refractivity contribution is -0.138. The van der Waals surface area contributed by atoms with Crippen LogP contribution >= 0.6 is 11.3 Å². The Morgan fingerprint density at radius 1 is 0.970 bits per heavy atom. The predicted octanol–water partition coefficient (Wildman–Crippen LogP) is 3.73. The van der Waals surface area contributed by atoms with Gasteiger partial charge in [-0.1, -0.05) is 23.8 Å². The number of carbonyl (C=O) groups is 3. The van der Waals surface area contributed by atoms with Crippen molar-refractivity contribution in [1.29, 1.82) is 0 Å². The fourth-order valence-corrected chi connectivity index (χ4v) is 5.55. The van der Waals surface area contributed by atoms with Gasteiger partial charge in [0.2, 0.25) is 11.8 Å². The molecule has 0 aliphatic carbocycles. The molecule has 5 rings (SSSR count). The molecule has 8 heteroatoms. The first-order valence-corrected chi connectivity index (χ1v) is 11.9. The Bertz CT molecular complexity index is 1130. The summed E-state index contributed by atoms with van der Waals surface area (Å²) < 4.78 is 5.22. The van der Waals surface area contributed by atoms with Crippen molar-refractivity contribution >= 4 is 34.7 Å². The second kappa shape index (κ2) is 8.86. The van der Waals surface area contributed by atoms with E-state index in [-0.39, 0.29) is 30.2 Å². The van der Waals surface area contributed by atoms with Crippen molar-refractivity contribution in [3.8, 4) is 0 Å². The minimum atomic E-state index is -0.454. The van der Waals surface area contributed by atoms with Gasteiger partial charge in [-0.25, -0.2) is 0 Å². The maximum Gasteiger partial charge on any atom is 0.289 e. The van der Waals surface area contributed by atoms with Crippen LogP contribution in [-0.2, 0) is 9.59 Å². The van der Waals surface area contributed by atoms with E-state index in [1.807, 2.05) is 48.7 Å². The van der Waals surface area contributed by atoms with E-state index >= 15 is 0 Å². The molecular formula is C25H25N3O4S. The SMILES string of the molecule is Cc1ccc(N2C(=O)C[C@@H](C(=O)N3CCN(C(=O)c4ccco4)CC3)[C@H]2c2cccs2)cc1. The minimum Gasteiger partial charge on any atom is -0.459 e. The van der Waals surface area contributed by atoms with Crippen molar-refractivity contribution in [3.05, 3.63) is 76.4 Å². The summed E-state index contributed by atoms with van der Waals surface area (Å²) in [5.41, 5.74) is 1.93. The lowest BCUT2D eigenvalue weighted by Crippen LogP contribution is -2.52. The van der Waals surface area contributed by atoms with Crippen LogP contribution in [0, 0.1) is 12.8 Å². The molecule has 0 radical (unpaired) electrons. The molecule has 0 N–H and O–H groups in total. The highest BCUT2D eigenvalue weighted by atomic mass is 32.1. The van der Waals surface area contributed by atoms with Gasteiger partial charge in [0, 0.05) is 43.2 Å². The van der Waals surface area contributed by atoms with E-state index in [0.717, 1.165) is 16.1 Å². The molecule has 2 fully saturated rings. The van der Waals surface area contributed by atoms with E-state index in [1.165, 1.54) is 6.26 Å². The molecule has 2 aromatic heterocycles. The van der Waals surface area contributed by atoms with E-state index in [4.69, 9.17) is 4.42 Å². The molecule has 0 bridgehead atoms. The maximum absolute atomic E-state index is 13.6. The minimum absolute atomic E-state index is 0.0264. The Hall–Kier alpha value is -3.39. The van der Waals surface area contributed by atoms with Gasteiger partial charge in [0.15, 0.2) is 5.76 Å². The summed E-state index contributed by atoms with van der Waals surface area (Å²) in [5.74, 6) is -0.374. The zero-order valence-electron chi connectivity index (χ0n) is 18.3. The number of nitrogens with zero attached hydrogens (tertiary/aromatic N) is 3. The summed E-state index contributed by atoms with van der Waals surface area (Å²) in [6.45, 7) is 3.78. The van der Waals surface area contributed by atoms with Crippen LogP contribution in [0.25, 0.3) is 0 Å². The molecule has 170 valence electrons. The summed E-state index contributed by atoms with van der Waals surface area (Å²) in [6.07, 6.45) is 1.66. The van der Waals surface area contributed by atoms with Gasteiger partial charge in [0.1, 0.15) is 0 Å². The van der Waals surface area contributed by atoms with E-state index in [1.54, 1.807) is 38.2 Å². The van der Waals surface area contributed by atoms with E-state index in [0.29, 0.717) is 31.9 Å². The number of hydrogen-bond donors (Lipinski definition) is 0. The second-order valence-corrected chi connectivity index (χ2v) is 9.44. The molecule has 7 nitrogen and oxygen atoms in total. The first-order valence-electron chi connectivity index (χ1n) is 11.1. The van der Waals surface area contributed by atoms with Crippen molar-refractivity contribution in [2.45, 2.75) is 19.4 Å². The van der Waals surface area contributed by atoms with E-state index < -0.39 is 5.92 Å². The molecule has 2 atom stereocenters. The van der Waals surface area contributed by atoms with E-state index in [2.05, 4.69) is 0 Å². The van der Waals surface area contributed by atoms with Gasteiger partial charge in [0.25, 0.3) is 5.91 Å². The van der Waals surface area contributed by atoms with Gasteiger partial charge < -0.3 is 19.1 Å². The van der Waals surface area contributed by atoms with Gasteiger partial charge in [-0.15, -0.1) is 11.3 Å². The van der Waals surface area contributed by atoms with Gasteiger partial charge in [-0.2, -0.15) is 0 Å². The first-order chi connectivity index (χ1) is 16.0. The van der Waals surface area contributed by atoms with Crippen LogP contribution in [0.3, 0.4) is 0 Å². The van der Waals surface area contributed by atoms with Gasteiger partial charge >= 0.3 is 0 Å². The highest BCUT2D eigenvalue weighted by molar-refractivity contribution is 7.10. The summed E-state index contributed by atoms with van der Waals surface area (Å²) in [7, 11) is 0. The lowest BCUT2D eigenvalue weighted by atomic mass is 9.96. The number of aryl methyl sites for hydroxylation is 1. The molecule has 2 aliphatic rings. The third-order valence-corrected chi connectivity index (χ3v) is 7.34. The van der Waals surface area contributed by atoms with Crippen LogP contribution < -0.4 is 4.90 Å². The fourth-order valence-electron chi connectivity index (χ4n) is 4.67. The van der Waals surface area contributed by atoms with Crippen molar-refractivity contribution in [1.82, 2.24) is 9.80 Å². The molecule has 2 aliphatic heterocycles. The average Bonchev–Trinajstić information content (AvgIpc) is 3.60. The zero-order chi connectivity index (χ0) is 22.9. The number of thiophene rings is 1. The third-order valence-electron chi connectivity index (χ3n) is 6.40. The molecule has 3 aromatic rings. The van der Waals surface area contributed by atoms with Crippen LogP contribution in [0.1, 0.15) is 33.5 Å². The molecule has 4 heterocycles. The molecule has 2 saturated heterocycles. The first kappa shape index (κ1) is 21.5. The number of furan rings is 1. The summed E-state index contributed by atoms with van der Waals surface area (Å²) in [4.78, 5) is 45.6. The normalized spacial score (nSPS) is 21.0. The quantitative estimate of drug-likeness (QED) is 0.591. The smallest absolute Gasteiger partial charge is 0.289 e. The fraction of sp³-hybridized carbons (Fsp3) is 0.320.